The number of benzene rings is 4. The number of halogens is 2. The molecule has 412 valence electrons. The van der Waals surface area contributed by atoms with Gasteiger partial charge in [-0.3, -0.25) is 0 Å². The Morgan fingerprint density at radius 3 is 0.684 bits per heavy atom. The van der Waals surface area contributed by atoms with Crippen LogP contribution in [0.3, 0.4) is 0 Å². The van der Waals surface area contributed by atoms with Crippen LogP contribution in [0.5, 0.6) is 0 Å². The number of rotatable bonds is 12. The Hall–Kier alpha value is -0.951. The first kappa shape index (κ1) is 73.1. The molecule has 0 atom stereocenters. The molecule has 0 bridgehead atoms. The summed E-state index contributed by atoms with van der Waals surface area (Å²) in [6.07, 6.45) is 5.46. The SMILES string of the molecule is CC(C)(C)P(c1cc2ccccc2[cH-]1)C(C)(C)C.CC(C)(C)P(c1cc2ccccc2[cH-]1)C(C)(C)C.CC(C)CP(CC(C)C)c1cc2ccccc2[cH-]1.CC(C)CP(CC(C)C)c1cc2ccccc2[cH-]1.[Cl-].[Cl-].[Ti+2].[Ti+2]. The van der Waals surface area contributed by atoms with Crippen LogP contribution in [0.2, 0.25) is 0 Å². The Morgan fingerprint density at radius 1 is 0.316 bits per heavy atom. The minimum atomic E-state index is -0.185. The fourth-order valence-electron chi connectivity index (χ4n) is 11.1. The Bertz CT molecular complexity index is 2490. The molecule has 76 heavy (non-hydrogen) atoms. The summed E-state index contributed by atoms with van der Waals surface area (Å²) in [5, 5.41) is 18.9. The van der Waals surface area contributed by atoms with E-state index in [1.165, 1.54) is 67.7 Å². The van der Waals surface area contributed by atoms with Crippen molar-refractivity contribution in [3.8, 4) is 0 Å². The number of hydrogen-bond donors (Lipinski definition) is 0. The second kappa shape index (κ2) is 32.0. The molecule has 8 heteroatoms. The van der Waals surface area contributed by atoms with Gasteiger partial charge in [0.25, 0.3) is 0 Å². The van der Waals surface area contributed by atoms with Crippen LogP contribution in [0.15, 0.2) is 146 Å². The minimum Gasteiger partial charge on any atom is -1.00 e. The molecular formula is C68H96Cl2P4Ti2-2. The van der Waals surface area contributed by atoms with Crippen molar-refractivity contribution in [1.82, 2.24) is 0 Å². The average molecular weight is 1200 g/mol. The first-order valence-electron chi connectivity index (χ1n) is 27.2. The van der Waals surface area contributed by atoms with Gasteiger partial charge >= 0.3 is 43.4 Å². The third-order valence-corrected chi connectivity index (χ3v) is 26.3. The molecule has 0 saturated carbocycles. The molecule has 0 nitrogen and oxygen atoms in total. The Kier molecular flexibility index (Phi) is 30.8. The summed E-state index contributed by atoms with van der Waals surface area (Å²) in [4.78, 5) is 0. The second-order valence-corrected chi connectivity index (χ2v) is 38.5. The van der Waals surface area contributed by atoms with Crippen molar-refractivity contribution in [2.24, 2.45) is 23.7 Å². The van der Waals surface area contributed by atoms with E-state index in [1.54, 1.807) is 21.2 Å². The molecule has 0 radical (unpaired) electrons. The fourth-order valence-corrected chi connectivity index (χ4v) is 25.2. The van der Waals surface area contributed by atoms with Gasteiger partial charge in [-0.2, -0.15) is 24.3 Å². The zero-order chi connectivity index (χ0) is 53.3. The molecule has 0 fully saturated rings. The summed E-state index contributed by atoms with van der Waals surface area (Å²) in [5.41, 5.74) is 0. The maximum atomic E-state index is 2.42. The molecule has 0 aliphatic heterocycles. The van der Waals surface area contributed by atoms with Gasteiger partial charge in [0, 0.05) is 0 Å². The molecule has 8 aromatic carbocycles. The maximum absolute atomic E-state index is 2.42. The minimum absolute atomic E-state index is 0. The fraction of sp³-hybridized carbons (Fsp3) is 0.471. The molecule has 0 amide bonds. The normalized spacial score (nSPS) is 12.2. The van der Waals surface area contributed by atoms with Gasteiger partial charge in [-0.25, -0.2) is 0 Å². The van der Waals surface area contributed by atoms with E-state index in [2.05, 4.69) is 284 Å². The van der Waals surface area contributed by atoms with Gasteiger partial charge in [-0.05, 0) is 68.9 Å². The van der Waals surface area contributed by atoms with Crippen LogP contribution in [-0.4, -0.2) is 45.3 Å². The van der Waals surface area contributed by atoms with E-state index in [9.17, 15) is 0 Å². The molecule has 0 aromatic heterocycles. The summed E-state index contributed by atoms with van der Waals surface area (Å²) < 4.78 is 0. The summed E-state index contributed by atoms with van der Waals surface area (Å²) in [6.45, 7) is 47.3. The molecule has 8 rings (SSSR count). The number of fused-ring (bicyclic) bond motifs is 4. The second-order valence-electron chi connectivity index (χ2n) is 26.1. The Balaban J connectivity index is 0.000000498. The van der Waals surface area contributed by atoms with Gasteiger partial charge in [0.2, 0.25) is 0 Å². The van der Waals surface area contributed by atoms with Gasteiger partial charge < -0.3 is 24.8 Å². The average Bonchev–Trinajstić information content (AvgIpc) is 4.05. The van der Waals surface area contributed by atoms with E-state index < -0.39 is 0 Å². The van der Waals surface area contributed by atoms with E-state index in [4.69, 9.17) is 0 Å². The van der Waals surface area contributed by atoms with Crippen LogP contribution < -0.4 is 46.0 Å². The van der Waals surface area contributed by atoms with Crippen molar-refractivity contribution in [1.29, 1.82) is 0 Å². The van der Waals surface area contributed by atoms with Crippen molar-refractivity contribution in [3.05, 3.63) is 146 Å². The summed E-state index contributed by atoms with van der Waals surface area (Å²) in [7, 11) is -0.332. The Labute approximate surface area is 512 Å². The van der Waals surface area contributed by atoms with Crippen molar-refractivity contribution >= 4 is 96.0 Å². The molecule has 0 aliphatic rings. The van der Waals surface area contributed by atoms with E-state index >= 15 is 0 Å². The summed E-state index contributed by atoms with van der Waals surface area (Å²) in [6, 6.07) is 54.2. The largest absolute Gasteiger partial charge is 2.00 e. The smallest absolute Gasteiger partial charge is 1.00 e. The third-order valence-electron chi connectivity index (χ3n) is 12.7. The topological polar surface area (TPSA) is 0 Å². The first-order valence-corrected chi connectivity index (χ1v) is 33.3. The van der Waals surface area contributed by atoms with E-state index in [-0.39, 0.29) is 99.9 Å². The van der Waals surface area contributed by atoms with Crippen LogP contribution in [0.25, 0.3) is 43.1 Å². The van der Waals surface area contributed by atoms with E-state index in [0.29, 0.717) is 20.6 Å². The van der Waals surface area contributed by atoms with Crippen LogP contribution in [0.1, 0.15) is 138 Å². The quantitative estimate of drug-likeness (QED) is 0.0650. The van der Waals surface area contributed by atoms with Crippen molar-refractivity contribution in [2.75, 3.05) is 24.6 Å². The third kappa shape index (κ3) is 22.1. The molecule has 0 N–H and O–H groups in total. The van der Waals surface area contributed by atoms with Crippen molar-refractivity contribution < 1.29 is 68.2 Å². The van der Waals surface area contributed by atoms with Crippen LogP contribution in [-0.2, 0) is 43.4 Å². The van der Waals surface area contributed by atoms with Gasteiger partial charge in [-0.1, -0.05) is 194 Å². The van der Waals surface area contributed by atoms with Gasteiger partial charge in [0.1, 0.15) is 0 Å². The summed E-state index contributed by atoms with van der Waals surface area (Å²) in [5.74, 6) is 3.20. The number of hydrogen-bond acceptors (Lipinski definition) is 0. The van der Waals surface area contributed by atoms with E-state index in [1.807, 2.05) is 0 Å². The Morgan fingerprint density at radius 2 is 0.500 bits per heavy atom. The molecule has 0 unspecified atom stereocenters. The monoisotopic (exact) mass is 1200 g/mol. The molecule has 0 spiro atoms. The van der Waals surface area contributed by atoms with Crippen molar-refractivity contribution in [3.63, 3.8) is 0 Å². The van der Waals surface area contributed by atoms with Crippen molar-refractivity contribution in [2.45, 2.75) is 159 Å². The molecule has 0 aliphatic carbocycles. The zero-order valence-electron chi connectivity index (χ0n) is 50.5. The zero-order valence-corrected chi connectivity index (χ0v) is 58.8. The van der Waals surface area contributed by atoms with Crippen LogP contribution in [0.4, 0.5) is 0 Å². The van der Waals surface area contributed by atoms with Crippen LogP contribution in [0, 0.1) is 23.7 Å². The van der Waals surface area contributed by atoms with Gasteiger partial charge in [-0.15, -0.1) is 161 Å². The molecule has 0 heterocycles. The van der Waals surface area contributed by atoms with Gasteiger partial charge in [0.15, 0.2) is 0 Å². The van der Waals surface area contributed by atoms with Crippen LogP contribution >= 0.6 is 31.7 Å². The predicted molar refractivity (Wildman–Crippen MR) is 342 cm³/mol. The molecule has 0 saturated heterocycles. The standard InChI is InChI=1S/4C17H24P.2ClH.2Ti/c2*1-16(2,3)18(17(4,5)6)15-11-13-9-7-8-10-14(13)12-15;2*1-13(2)11-18(12-14(3)4)17-9-15-7-5-6-8-16(15)10-17;;;;/h2*7-12H,1-6H3;2*5-10,13-14H,11-12H2,1-4H3;2*1H;;/q4*-1;;;2*+2/p-2. The predicted octanol–water partition coefficient (Wildman–Crippen LogP) is 14.5. The molecule has 8 aromatic rings. The van der Waals surface area contributed by atoms with Gasteiger partial charge in [0.05, 0.1) is 0 Å². The molecular weight excluding hydrogens is 1110 g/mol. The van der Waals surface area contributed by atoms with E-state index in [0.717, 1.165) is 23.7 Å². The maximum Gasteiger partial charge on any atom is 2.00 e. The first-order chi connectivity index (χ1) is 33.5. The summed E-state index contributed by atoms with van der Waals surface area (Å²) >= 11 is 0.